The van der Waals surface area contributed by atoms with Crippen LogP contribution in [-0.2, 0) is 17.9 Å². The molecule has 1 aliphatic rings. The summed E-state index contributed by atoms with van der Waals surface area (Å²) >= 11 is 1.60. The number of thiophene rings is 1. The molecule has 36 heavy (non-hydrogen) atoms. The lowest BCUT2D eigenvalue weighted by Crippen LogP contribution is -2.45. The van der Waals surface area contributed by atoms with Crippen LogP contribution in [0.1, 0.15) is 24.3 Å². The third-order valence-corrected chi connectivity index (χ3v) is 6.47. The van der Waals surface area contributed by atoms with Gasteiger partial charge < -0.3 is 29.3 Å². The smallest absolute Gasteiger partial charge is 0.322 e. The van der Waals surface area contributed by atoms with Crippen LogP contribution in [0, 0.1) is 5.92 Å². The summed E-state index contributed by atoms with van der Waals surface area (Å²) in [7, 11) is 1.58. The number of hydrogen-bond acceptors (Lipinski definition) is 6. The van der Waals surface area contributed by atoms with Gasteiger partial charge in [0.2, 0.25) is 12.7 Å². The average molecular weight is 510 g/mol. The Morgan fingerprint density at radius 3 is 2.61 bits per heavy atom. The Morgan fingerprint density at radius 1 is 1.03 bits per heavy atom. The number of nitrogens with one attached hydrogen (secondary N) is 1. The molecule has 2 heterocycles. The molecule has 1 aliphatic heterocycles. The fraction of sp³-hybridized carbons (Fsp3) is 0.333. The maximum atomic E-state index is 13.6. The number of anilines is 1. The third kappa shape index (κ3) is 6.69. The van der Waals surface area contributed by atoms with E-state index in [-0.39, 0.29) is 31.2 Å². The van der Waals surface area contributed by atoms with E-state index >= 15 is 0 Å². The molecule has 0 atom stereocenters. The van der Waals surface area contributed by atoms with E-state index in [0.29, 0.717) is 42.6 Å². The van der Waals surface area contributed by atoms with Gasteiger partial charge in [0.05, 0.1) is 13.7 Å². The fourth-order valence-corrected chi connectivity index (χ4v) is 4.63. The summed E-state index contributed by atoms with van der Waals surface area (Å²) in [5.74, 6) is 2.07. The first-order chi connectivity index (χ1) is 17.4. The minimum atomic E-state index is -0.329. The number of ether oxygens (including phenoxy) is 3. The first-order valence-corrected chi connectivity index (χ1v) is 12.7. The molecule has 1 aromatic heterocycles. The highest BCUT2D eigenvalue weighted by Gasteiger charge is 2.24. The monoisotopic (exact) mass is 509 g/mol. The molecule has 9 heteroatoms. The molecular formula is C27H31N3O5S. The molecule has 190 valence electrons. The summed E-state index contributed by atoms with van der Waals surface area (Å²) in [6, 6.07) is 16.5. The van der Waals surface area contributed by atoms with Crippen LogP contribution in [0.4, 0.5) is 10.5 Å². The van der Waals surface area contributed by atoms with Gasteiger partial charge in [-0.15, -0.1) is 11.3 Å². The molecule has 4 rings (SSSR count). The van der Waals surface area contributed by atoms with Crippen molar-refractivity contribution in [3.8, 4) is 17.2 Å². The van der Waals surface area contributed by atoms with Crippen LogP contribution in [0.25, 0.3) is 0 Å². The highest BCUT2D eigenvalue weighted by molar-refractivity contribution is 7.09. The van der Waals surface area contributed by atoms with E-state index in [0.717, 1.165) is 10.4 Å². The van der Waals surface area contributed by atoms with Crippen molar-refractivity contribution < 1.29 is 23.8 Å². The number of amides is 3. The van der Waals surface area contributed by atoms with Crippen LogP contribution in [0.5, 0.6) is 17.2 Å². The van der Waals surface area contributed by atoms with Gasteiger partial charge in [0.15, 0.2) is 11.5 Å². The Labute approximate surface area is 215 Å². The standard InChI is InChI=1S/C27H31N3O5S/c1-19(2)14-30(27(32)28-21-6-4-7-22(13-21)33-3)17-26(31)29(16-23-8-5-11-36-23)15-20-9-10-24-25(12-20)35-18-34-24/h4-13,19H,14-18H2,1-3H3,(H,28,32). The van der Waals surface area contributed by atoms with Crippen LogP contribution >= 0.6 is 11.3 Å². The molecule has 2 aromatic carbocycles. The average Bonchev–Trinajstić information content (AvgIpc) is 3.54. The topological polar surface area (TPSA) is 80.3 Å². The summed E-state index contributed by atoms with van der Waals surface area (Å²) in [6.45, 7) is 5.49. The van der Waals surface area contributed by atoms with Gasteiger partial charge in [-0.05, 0) is 47.2 Å². The Kier molecular flexibility index (Phi) is 8.32. The molecule has 0 aliphatic carbocycles. The lowest BCUT2D eigenvalue weighted by molar-refractivity contribution is -0.133. The molecule has 0 spiro atoms. The summed E-state index contributed by atoms with van der Waals surface area (Å²) in [4.78, 5) is 31.2. The van der Waals surface area contributed by atoms with Gasteiger partial charge in [-0.1, -0.05) is 32.0 Å². The van der Waals surface area contributed by atoms with Crippen molar-refractivity contribution in [3.05, 3.63) is 70.4 Å². The van der Waals surface area contributed by atoms with Crippen molar-refractivity contribution in [1.82, 2.24) is 9.80 Å². The number of urea groups is 1. The SMILES string of the molecule is COc1cccc(NC(=O)N(CC(=O)N(Cc2ccc3c(c2)OCO3)Cc2cccs2)CC(C)C)c1. The number of carbonyl (C=O) groups excluding carboxylic acids is 2. The number of benzene rings is 2. The summed E-state index contributed by atoms with van der Waals surface area (Å²) in [5.41, 5.74) is 1.54. The fourth-order valence-electron chi connectivity index (χ4n) is 3.91. The van der Waals surface area contributed by atoms with Crippen LogP contribution < -0.4 is 19.5 Å². The van der Waals surface area contributed by atoms with E-state index in [1.807, 2.05) is 55.6 Å². The minimum Gasteiger partial charge on any atom is -0.497 e. The minimum absolute atomic E-state index is 0.0378. The number of carbonyl (C=O) groups is 2. The van der Waals surface area contributed by atoms with Crippen molar-refractivity contribution in [2.24, 2.45) is 5.92 Å². The summed E-state index contributed by atoms with van der Waals surface area (Å²) in [5, 5.41) is 4.89. The molecule has 1 N–H and O–H groups in total. The zero-order valence-corrected chi connectivity index (χ0v) is 21.5. The first kappa shape index (κ1) is 25.4. The van der Waals surface area contributed by atoms with Gasteiger partial charge >= 0.3 is 6.03 Å². The van der Waals surface area contributed by atoms with E-state index in [1.54, 1.807) is 46.4 Å². The maximum absolute atomic E-state index is 13.6. The van der Waals surface area contributed by atoms with Gasteiger partial charge in [0.1, 0.15) is 12.3 Å². The molecule has 0 saturated carbocycles. The van der Waals surface area contributed by atoms with Crippen molar-refractivity contribution in [3.63, 3.8) is 0 Å². The zero-order chi connectivity index (χ0) is 25.5. The second-order valence-electron chi connectivity index (χ2n) is 8.95. The Morgan fingerprint density at radius 2 is 1.86 bits per heavy atom. The summed E-state index contributed by atoms with van der Waals surface area (Å²) in [6.07, 6.45) is 0. The van der Waals surface area contributed by atoms with Gasteiger partial charge in [-0.3, -0.25) is 4.79 Å². The Hall–Kier alpha value is -3.72. The highest BCUT2D eigenvalue weighted by Crippen LogP contribution is 2.33. The number of methoxy groups -OCH3 is 1. The molecule has 8 nitrogen and oxygen atoms in total. The molecule has 0 saturated heterocycles. The van der Waals surface area contributed by atoms with Crippen molar-refractivity contribution in [1.29, 1.82) is 0 Å². The molecule has 3 aromatic rings. The van der Waals surface area contributed by atoms with Gasteiger partial charge in [-0.2, -0.15) is 0 Å². The predicted molar refractivity (Wildman–Crippen MR) is 140 cm³/mol. The number of nitrogens with zero attached hydrogens (tertiary/aromatic N) is 2. The molecule has 0 bridgehead atoms. The van der Waals surface area contributed by atoms with E-state index in [9.17, 15) is 9.59 Å². The van der Waals surface area contributed by atoms with E-state index < -0.39 is 0 Å². The van der Waals surface area contributed by atoms with Crippen molar-refractivity contribution in [2.75, 3.05) is 32.3 Å². The molecule has 0 radical (unpaired) electrons. The second-order valence-corrected chi connectivity index (χ2v) is 9.99. The highest BCUT2D eigenvalue weighted by atomic mass is 32.1. The second kappa shape index (κ2) is 11.8. The largest absolute Gasteiger partial charge is 0.497 e. The lowest BCUT2D eigenvalue weighted by atomic mass is 10.1. The van der Waals surface area contributed by atoms with E-state index in [1.165, 1.54) is 0 Å². The van der Waals surface area contributed by atoms with Crippen molar-refractivity contribution in [2.45, 2.75) is 26.9 Å². The van der Waals surface area contributed by atoms with Crippen molar-refractivity contribution >= 4 is 29.0 Å². The molecule has 0 fully saturated rings. The number of rotatable bonds is 10. The number of fused-ring (bicyclic) bond motifs is 1. The quantitative estimate of drug-likeness (QED) is 0.406. The van der Waals surface area contributed by atoms with E-state index in [4.69, 9.17) is 14.2 Å². The lowest BCUT2D eigenvalue weighted by Gasteiger charge is -2.29. The molecule has 3 amide bonds. The van der Waals surface area contributed by atoms with Gasteiger partial charge in [0, 0.05) is 29.7 Å². The van der Waals surface area contributed by atoms with Crippen LogP contribution in [0.3, 0.4) is 0 Å². The third-order valence-electron chi connectivity index (χ3n) is 5.61. The summed E-state index contributed by atoms with van der Waals surface area (Å²) < 4.78 is 16.2. The molecule has 0 unspecified atom stereocenters. The zero-order valence-electron chi connectivity index (χ0n) is 20.7. The Balaban J connectivity index is 1.50. The van der Waals surface area contributed by atoms with Crippen LogP contribution in [0.15, 0.2) is 60.0 Å². The van der Waals surface area contributed by atoms with E-state index in [2.05, 4.69) is 5.32 Å². The normalized spacial score (nSPS) is 11.9. The van der Waals surface area contributed by atoms with Crippen LogP contribution in [-0.4, -0.2) is 48.7 Å². The number of hydrogen-bond donors (Lipinski definition) is 1. The van der Waals surface area contributed by atoms with Gasteiger partial charge in [-0.25, -0.2) is 4.79 Å². The molecular weight excluding hydrogens is 478 g/mol. The predicted octanol–water partition coefficient (Wildman–Crippen LogP) is 5.20. The first-order valence-electron chi connectivity index (χ1n) is 11.8. The van der Waals surface area contributed by atoms with Gasteiger partial charge in [0.25, 0.3) is 0 Å². The van der Waals surface area contributed by atoms with Crippen LogP contribution in [0.2, 0.25) is 0 Å². The maximum Gasteiger partial charge on any atom is 0.322 e. The Bertz CT molecular complexity index is 1180.